The summed E-state index contributed by atoms with van der Waals surface area (Å²) in [6.45, 7) is 4.37. The molecule has 2 aliphatic heterocycles. The Morgan fingerprint density at radius 1 is 1.08 bits per heavy atom. The van der Waals surface area contributed by atoms with Gasteiger partial charge in [0.25, 0.3) is 5.91 Å². The van der Waals surface area contributed by atoms with Gasteiger partial charge < -0.3 is 24.6 Å². The number of amides is 4. The van der Waals surface area contributed by atoms with Gasteiger partial charge in [-0.25, -0.2) is 23.2 Å². The van der Waals surface area contributed by atoms with Crippen molar-refractivity contribution < 1.29 is 32.3 Å². The first-order valence-corrected chi connectivity index (χ1v) is 19.0. The van der Waals surface area contributed by atoms with Crippen molar-refractivity contribution >= 4 is 38.8 Å². The first kappa shape index (κ1) is 34.6. The Morgan fingerprint density at radius 2 is 1.88 bits per heavy atom. The molecule has 2 saturated carbocycles. The molecule has 7 rings (SSSR count). The SMILES string of the molecule is COc1ccc2c(O[C@@H]3C[C@H]4C(=O)N[C@]5(C(=O)NS(=O)(=O)C6CC6)C[C@H]5C=CCCCCN(C)C(=O)N4C3)nc(-c3cccc(C)n3)nc2c1C. The van der Waals surface area contributed by atoms with Gasteiger partial charge in [-0.3, -0.25) is 14.3 Å². The number of benzene rings is 1. The van der Waals surface area contributed by atoms with Crippen LogP contribution in [0.3, 0.4) is 0 Å². The fourth-order valence-corrected chi connectivity index (χ4v) is 8.40. The molecule has 14 nitrogen and oxygen atoms in total. The number of methoxy groups -OCH3 is 1. The molecule has 15 heteroatoms. The van der Waals surface area contributed by atoms with E-state index in [0.717, 1.165) is 30.5 Å². The van der Waals surface area contributed by atoms with E-state index in [0.29, 0.717) is 47.6 Å². The van der Waals surface area contributed by atoms with Crippen molar-refractivity contribution in [2.45, 2.75) is 81.7 Å². The summed E-state index contributed by atoms with van der Waals surface area (Å²) in [6, 6.07) is 7.88. The van der Waals surface area contributed by atoms with E-state index in [1.807, 2.05) is 56.3 Å². The Balaban J connectivity index is 1.21. The average Bonchev–Trinajstić information content (AvgIpc) is 4.03. The molecule has 4 heterocycles. The molecule has 4 amide bonds. The predicted octanol–water partition coefficient (Wildman–Crippen LogP) is 3.41. The van der Waals surface area contributed by atoms with Crippen molar-refractivity contribution in [2.75, 3.05) is 27.2 Å². The van der Waals surface area contributed by atoms with E-state index in [4.69, 9.17) is 19.4 Å². The zero-order valence-corrected chi connectivity index (χ0v) is 30.0. The van der Waals surface area contributed by atoms with E-state index >= 15 is 0 Å². The van der Waals surface area contributed by atoms with Crippen LogP contribution in [0.15, 0.2) is 42.5 Å². The van der Waals surface area contributed by atoms with Gasteiger partial charge in [0, 0.05) is 37.2 Å². The van der Waals surface area contributed by atoms with Gasteiger partial charge in [0.15, 0.2) is 5.82 Å². The van der Waals surface area contributed by atoms with E-state index in [2.05, 4.69) is 15.0 Å². The van der Waals surface area contributed by atoms with E-state index in [-0.39, 0.29) is 37.2 Å². The van der Waals surface area contributed by atoms with Gasteiger partial charge in [-0.1, -0.05) is 18.2 Å². The van der Waals surface area contributed by atoms with Crippen LogP contribution >= 0.6 is 0 Å². The van der Waals surface area contributed by atoms with Gasteiger partial charge in [-0.15, -0.1) is 0 Å². The van der Waals surface area contributed by atoms with Gasteiger partial charge >= 0.3 is 6.03 Å². The normalized spacial score (nSPS) is 25.5. The molecule has 51 heavy (non-hydrogen) atoms. The lowest BCUT2D eigenvalue weighted by molar-refractivity contribution is -0.131. The molecular weight excluding hydrogens is 675 g/mol. The standard InChI is InChI=1S/C36H43N7O7S/c1-21-10-9-12-27(37-21)31-38-30-22(2)29(49-4)16-15-26(30)33(39-31)50-24-18-28-32(44)40-36(34(45)41-51(47,48)25-13-14-25)19-23(36)11-7-5-6-8-17-42(3)35(46)43(28)20-24/h7,9-12,15-16,23-25,28H,5-6,8,13-14,17-20H2,1-4H3,(H,40,44)(H,41,45)/t23-,24-,28+,36-/m1/s1. The summed E-state index contributed by atoms with van der Waals surface area (Å²) in [5, 5.41) is 2.93. The molecule has 2 N–H and O–H groups in total. The highest BCUT2D eigenvalue weighted by molar-refractivity contribution is 7.91. The van der Waals surface area contributed by atoms with Gasteiger partial charge in [0.1, 0.15) is 29.1 Å². The molecule has 2 aromatic heterocycles. The van der Waals surface area contributed by atoms with E-state index in [1.165, 1.54) is 4.90 Å². The van der Waals surface area contributed by atoms with E-state index < -0.39 is 44.8 Å². The second kappa shape index (κ2) is 13.4. The third kappa shape index (κ3) is 6.83. The zero-order valence-electron chi connectivity index (χ0n) is 29.2. The number of ether oxygens (including phenoxy) is 2. The second-order valence-corrected chi connectivity index (χ2v) is 16.0. The summed E-state index contributed by atoms with van der Waals surface area (Å²) in [6.07, 6.45) is 6.86. The lowest BCUT2D eigenvalue weighted by Crippen LogP contribution is -2.57. The second-order valence-electron chi connectivity index (χ2n) is 14.0. The lowest BCUT2D eigenvalue weighted by Gasteiger charge is -2.30. The van der Waals surface area contributed by atoms with Crippen molar-refractivity contribution in [1.29, 1.82) is 0 Å². The number of aromatic nitrogens is 3. The van der Waals surface area contributed by atoms with Crippen LogP contribution in [0, 0.1) is 19.8 Å². The molecular formula is C36H43N7O7S. The van der Waals surface area contributed by atoms with Crippen LogP contribution in [0.4, 0.5) is 4.79 Å². The number of aryl methyl sites for hydroxylation is 2. The molecule has 4 atom stereocenters. The maximum atomic E-state index is 14.2. The number of hydrogen-bond acceptors (Lipinski definition) is 10. The van der Waals surface area contributed by atoms with Crippen LogP contribution in [-0.2, 0) is 19.6 Å². The van der Waals surface area contributed by atoms with Crippen LogP contribution in [-0.4, -0.2) is 101 Å². The number of nitrogens with one attached hydrogen (secondary N) is 2. The highest BCUT2D eigenvalue weighted by atomic mass is 32.2. The summed E-state index contributed by atoms with van der Waals surface area (Å²) in [4.78, 5) is 59.0. The largest absolute Gasteiger partial charge is 0.496 e. The summed E-state index contributed by atoms with van der Waals surface area (Å²) in [5.74, 6) is -0.401. The Labute approximate surface area is 297 Å². The van der Waals surface area contributed by atoms with Crippen molar-refractivity contribution in [2.24, 2.45) is 5.92 Å². The summed E-state index contributed by atoms with van der Waals surface area (Å²) < 4.78 is 39.9. The minimum atomic E-state index is -3.84. The molecule has 0 bridgehead atoms. The number of pyridine rings is 1. The topological polar surface area (TPSA) is 173 Å². The number of carbonyl (C=O) groups is 3. The summed E-state index contributed by atoms with van der Waals surface area (Å²) >= 11 is 0. The molecule has 2 aliphatic carbocycles. The van der Waals surface area contributed by atoms with Gasteiger partial charge in [-0.05, 0) is 76.6 Å². The van der Waals surface area contributed by atoms with Gasteiger partial charge in [0.05, 0.1) is 29.8 Å². The number of urea groups is 1. The van der Waals surface area contributed by atoms with Crippen molar-refractivity contribution in [1.82, 2.24) is 34.8 Å². The van der Waals surface area contributed by atoms with Crippen LogP contribution in [0.5, 0.6) is 11.6 Å². The van der Waals surface area contributed by atoms with Crippen molar-refractivity contribution in [3.8, 4) is 23.1 Å². The van der Waals surface area contributed by atoms with Crippen molar-refractivity contribution in [3.63, 3.8) is 0 Å². The minimum Gasteiger partial charge on any atom is -0.496 e. The zero-order chi connectivity index (χ0) is 36.1. The number of rotatable bonds is 7. The molecule has 270 valence electrons. The maximum Gasteiger partial charge on any atom is 0.320 e. The Morgan fingerprint density at radius 3 is 2.63 bits per heavy atom. The minimum absolute atomic E-state index is 0.0819. The monoisotopic (exact) mass is 717 g/mol. The van der Waals surface area contributed by atoms with Gasteiger partial charge in [0.2, 0.25) is 21.8 Å². The maximum absolute atomic E-state index is 14.2. The Bertz CT molecular complexity index is 2040. The smallest absolute Gasteiger partial charge is 0.320 e. The van der Waals surface area contributed by atoms with Crippen LogP contribution < -0.4 is 19.5 Å². The van der Waals surface area contributed by atoms with Crippen LogP contribution in [0.25, 0.3) is 22.4 Å². The first-order chi connectivity index (χ1) is 24.4. The quantitative estimate of drug-likeness (QED) is 0.345. The first-order valence-electron chi connectivity index (χ1n) is 17.4. The summed E-state index contributed by atoms with van der Waals surface area (Å²) in [5.41, 5.74) is 1.32. The van der Waals surface area contributed by atoms with Crippen LogP contribution in [0.1, 0.15) is 56.2 Å². The van der Waals surface area contributed by atoms with E-state index in [9.17, 15) is 22.8 Å². The number of fused-ring (bicyclic) bond motifs is 3. The number of nitrogens with zero attached hydrogens (tertiary/aromatic N) is 5. The molecule has 0 radical (unpaired) electrons. The molecule has 3 aromatic rings. The van der Waals surface area contributed by atoms with Crippen LogP contribution in [0.2, 0.25) is 0 Å². The third-order valence-electron chi connectivity index (χ3n) is 10.2. The van der Waals surface area contributed by atoms with E-state index in [1.54, 1.807) is 19.1 Å². The molecule has 4 aliphatic rings. The number of sulfonamides is 1. The Kier molecular flexibility index (Phi) is 9.10. The average molecular weight is 718 g/mol. The molecule has 3 fully saturated rings. The number of carbonyl (C=O) groups excluding carboxylic acids is 3. The molecule has 1 saturated heterocycles. The number of hydrogen-bond donors (Lipinski definition) is 2. The predicted molar refractivity (Wildman–Crippen MR) is 188 cm³/mol. The van der Waals surface area contributed by atoms with Crippen molar-refractivity contribution in [3.05, 3.63) is 53.7 Å². The number of allylic oxidation sites excluding steroid dienone is 1. The highest BCUT2D eigenvalue weighted by Gasteiger charge is 2.62. The lowest BCUT2D eigenvalue weighted by atomic mass is 10.1. The third-order valence-corrected chi connectivity index (χ3v) is 12.1. The molecule has 0 unspecified atom stereocenters. The molecule has 0 spiro atoms. The fraction of sp³-hybridized carbons (Fsp3) is 0.500. The van der Waals surface area contributed by atoms with Gasteiger partial charge in [-0.2, -0.15) is 4.98 Å². The highest BCUT2D eigenvalue weighted by Crippen LogP contribution is 2.46. The Hall–Kier alpha value is -4.79. The molecule has 1 aromatic carbocycles. The fourth-order valence-electron chi connectivity index (χ4n) is 7.03. The summed E-state index contributed by atoms with van der Waals surface area (Å²) in [7, 11) is -0.550.